The maximum absolute atomic E-state index is 13.9. The smallest absolute Gasteiger partial charge is 0.132 e. The maximum atomic E-state index is 13.9. The van der Waals surface area contributed by atoms with E-state index in [0.29, 0.717) is 16.8 Å². The second-order valence-corrected chi connectivity index (χ2v) is 5.02. The largest absolute Gasteiger partial charge is 0.496 e. The Bertz CT molecular complexity index is 453. The van der Waals surface area contributed by atoms with E-state index in [-0.39, 0.29) is 5.56 Å². The van der Waals surface area contributed by atoms with Gasteiger partial charge in [0.25, 0.3) is 0 Å². The molecule has 98 valence electrons. The highest BCUT2D eigenvalue weighted by molar-refractivity contribution is 9.10. The van der Waals surface area contributed by atoms with Crippen LogP contribution in [0.2, 0.25) is 0 Å². The average Bonchev–Trinajstić information content (AvgIpc) is 2.34. The first-order valence-corrected chi connectivity index (χ1v) is 6.57. The molecule has 1 atom stereocenters. The van der Waals surface area contributed by atoms with E-state index in [1.54, 1.807) is 7.05 Å². The van der Waals surface area contributed by atoms with Gasteiger partial charge >= 0.3 is 0 Å². The molecule has 0 spiro atoms. The first-order chi connectivity index (χ1) is 8.63. The Kier molecular flexibility index (Phi) is 4.35. The minimum absolute atomic E-state index is 0.00569. The zero-order chi connectivity index (χ0) is 13.1. The Labute approximate surface area is 113 Å². The molecular weight excluding hydrogens is 304 g/mol. The predicted octanol–water partition coefficient (Wildman–Crippen LogP) is 3.68. The second kappa shape index (κ2) is 5.80. The zero-order valence-corrected chi connectivity index (χ0v) is 11.6. The lowest BCUT2D eigenvalue weighted by atomic mass is 10.0. The predicted molar refractivity (Wildman–Crippen MR) is 69.1 cm³/mol. The highest BCUT2D eigenvalue weighted by Gasteiger charge is 2.25. The van der Waals surface area contributed by atoms with Gasteiger partial charge in [-0.2, -0.15) is 0 Å². The van der Waals surface area contributed by atoms with Crippen molar-refractivity contribution in [1.29, 1.82) is 0 Å². The molecule has 0 aliphatic carbocycles. The van der Waals surface area contributed by atoms with Crippen molar-refractivity contribution in [3.05, 3.63) is 45.6 Å². The van der Waals surface area contributed by atoms with E-state index in [1.807, 2.05) is 6.08 Å². The van der Waals surface area contributed by atoms with Crippen LogP contribution in [0, 0.1) is 11.6 Å². The third kappa shape index (κ3) is 2.72. The van der Waals surface area contributed by atoms with Gasteiger partial charge in [0.15, 0.2) is 0 Å². The third-order valence-electron chi connectivity index (χ3n) is 2.87. The molecule has 2 rings (SSSR count). The lowest BCUT2D eigenvalue weighted by Gasteiger charge is -2.24. The molecule has 1 aromatic rings. The fourth-order valence-corrected chi connectivity index (χ4v) is 2.44. The molecule has 0 saturated heterocycles. The molecule has 5 heteroatoms. The summed E-state index contributed by atoms with van der Waals surface area (Å²) in [5.74, 6) is -0.587. The van der Waals surface area contributed by atoms with Crippen molar-refractivity contribution < 1.29 is 13.5 Å². The molecule has 18 heavy (non-hydrogen) atoms. The first kappa shape index (κ1) is 13.5. The van der Waals surface area contributed by atoms with Crippen LogP contribution >= 0.6 is 15.9 Å². The standard InChI is InChI=1S/C13H14BrF2NO/c1-17-13(11-4-2-3-5-18-11)12-9(15)6-8(14)7-10(12)16/h4,6-7,13,17H,2-3,5H2,1H3. The van der Waals surface area contributed by atoms with Gasteiger partial charge in [-0.1, -0.05) is 15.9 Å². The molecule has 1 aliphatic rings. The van der Waals surface area contributed by atoms with Gasteiger partial charge in [0.05, 0.1) is 12.6 Å². The summed E-state index contributed by atoms with van der Waals surface area (Å²) in [6, 6.07) is 1.93. The van der Waals surface area contributed by atoms with E-state index in [4.69, 9.17) is 4.74 Å². The van der Waals surface area contributed by atoms with Crippen molar-refractivity contribution in [3.8, 4) is 0 Å². The minimum Gasteiger partial charge on any atom is -0.496 e. The van der Waals surface area contributed by atoms with Crippen molar-refractivity contribution in [2.45, 2.75) is 18.9 Å². The summed E-state index contributed by atoms with van der Waals surface area (Å²) in [6.07, 6.45) is 3.68. The highest BCUT2D eigenvalue weighted by Crippen LogP contribution is 2.31. The van der Waals surface area contributed by atoms with Crippen LogP contribution in [0.15, 0.2) is 28.4 Å². The highest BCUT2D eigenvalue weighted by atomic mass is 79.9. The summed E-state index contributed by atoms with van der Waals surface area (Å²) in [4.78, 5) is 0. The fourth-order valence-electron chi connectivity index (χ4n) is 2.04. The third-order valence-corrected chi connectivity index (χ3v) is 3.33. The van der Waals surface area contributed by atoms with E-state index in [0.717, 1.165) is 12.8 Å². The second-order valence-electron chi connectivity index (χ2n) is 4.10. The van der Waals surface area contributed by atoms with Crippen LogP contribution in [0.3, 0.4) is 0 Å². The van der Waals surface area contributed by atoms with Crippen molar-refractivity contribution in [2.75, 3.05) is 13.7 Å². The number of nitrogens with one attached hydrogen (secondary N) is 1. The molecule has 0 aromatic heterocycles. The first-order valence-electron chi connectivity index (χ1n) is 5.78. The van der Waals surface area contributed by atoms with Crippen molar-refractivity contribution in [1.82, 2.24) is 5.32 Å². The van der Waals surface area contributed by atoms with Crippen molar-refractivity contribution >= 4 is 15.9 Å². The summed E-state index contributed by atoms with van der Waals surface area (Å²) < 4.78 is 33.7. The minimum atomic E-state index is -0.587. The van der Waals surface area contributed by atoms with Crippen molar-refractivity contribution in [3.63, 3.8) is 0 Å². The molecule has 1 unspecified atom stereocenters. The van der Waals surface area contributed by atoms with Crippen LogP contribution < -0.4 is 5.32 Å². The molecule has 0 bridgehead atoms. The number of halogens is 3. The van der Waals surface area contributed by atoms with E-state index in [1.165, 1.54) is 12.1 Å². The van der Waals surface area contributed by atoms with Gasteiger partial charge in [-0.25, -0.2) is 8.78 Å². The maximum Gasteiger partial charge on any atom is 0.132 e. The van der Waals surface area contributed by atoms with Gasteiger partial charge in [0.1, 0.15) is 17.4 Å². The summed E-state index contributed by atoms with van der Waals surface area (Å²) in [5, 5.41) is 2.90. The van der Waals surface area contributed by atoms with Gasteiger partial charge in [0, 0.05) is 10.0 Å². The molecule has 0 radical (unpaired) electrons. The molecule has 1 heterocycles. The normalized spacial score (nSPS) is 17.0. The van der Waals surface area contributed by atoms with Gasteiger partial charge in [0.2, 0.25) is 0 Å². The van der Waals surface area contributed by atoms with Crippen LogP contribution in [-0.4, -0.2) is 13.7 Å². The SMILES string of the molecule is CNC(C1=CCCCO1)c1c(F)cc(Br)cc1F. The van der Waals surface area contributed by atoms with Crippen LogP contribution in [0.5, 0.6) is 0 Å². The number of benzene rings is 1. The van der Waals surface area contributed by atoms with Gasteiger partial charge in [-0.15, -0.1) is 0 Å². The number of allylic oxidation sites excluding steroid dienone is 1. The lowest BCUT2D eigenvalue weighted by Crippen LogP contribution is -2.24. The van der Waals surface area contributed by atoms with Gasteiger partial charge < -0.3 is 10.1 Å². The van der Waals surface area contributed by atoms with E-state index in [2.05, 4.69) is 21.2 Å². The van der Waals surface area contributed by atoms with Crippen LogP contribution in [-0.2, 0) is 4.74 Å². The number of rotatable bonds is 3. The monoisotopic (exact) mass is 317 g/mol. The average molecular weight is 318 g/mol. The number of ether oxygens (including phenoxy) is 1. The zero-order valence-electron chi connectivity index (χ0n) is 9.97. The lowest BCUT2D eigenvalue weighted by molar-refractivity contribution is 0.167. The Hall–Kier alpha value is -0.940. The van der Waals surface area contributed by atoms with Gasteiger partial charge in [-0.05, 0) is 38.1 Å². The summed E-state index contributed by atoms with van der Waals surface area (Å²) in [5.41, 5.74) is -0.00569. The topological polar surface area (TPSA) is 21.3 Å². The quantitative estimate of drug-likeness (QED) is 0.918. The molecular formula is C13H14BrF2NO. The van der Waals surface area contributed by atoms with Gasteiger partial charge in [-0.3, -0.25) is 0 Å². The Morgan fingerprint density at radius 2 is 2.00 bits per heavy atom. The number of hydrogen-bond donors (Lipinski definition) is 1. The molecule has 0 saturated carbocycles. The summed E-state index contributed by atoms with van der Waals surface area (Å²) in [6.45, 7) is 0.587. The van der Waals surface area contributed by atoms with E-state index >= 15 is 0 Å². The summed E-state index contributed by atoms with van der Waals surface area (Å²) in [7, 11) is 1.66. The molecule has 1 N–H and O–H groups in total. The Morgan fingerprint density at radius 1 is 1.33 bits per heavy atom. The van der Waals surface area contributed by atoms with E-state index < -0.39 is 17.7 Å². The van der Waals surface area contributed by atoms with Crippen LogP contribution in [0.25, 0.3) is 0 Å². The molecule has 0 fully saturated rings. The Morgan fingerprint density at radius 3 is 2.50 bits per heavy atom. The van der Waals surface area contributed by atoms with Crippen LogP contribution in [0.1, 0.15) is 24.4 Å². The van der Waals surface area contributed by atoms with Crippen LogP contribution in [0.4, 0.5) is 8.78 Å². The van der Waals surface area contributed by atoms with Crippen molar-refractivity contribution in [2.24, 2.45) is 0 Å². The molecule has 1 aliphatic heterocycles. The Balaban J connectivity index is 2.41. The fraction of sp³-hybridized carbons (Fsp3) is 0.385. The number of likely N-dealkylation sites (N-methyl/N-ethyl adjacent to an activating group) is 1. The molecule has 0 amide bonds. The number of hydrogen-bond acceptors (Lipinski definition) is 2. The molecule has 2 nitrogen and oxygen atoms in total. The van der Waals surface area contributed by atoms with E-state index in [9.17, 15) is 8.78 Å². The summed E-state index contributed by atoms with van der Waals surface area (Å²) >= 11 is 3.07. The molecule has 1 aromatic carbocycles.